The van der Waals surface area contributed by atoms with Crippen LogP contribution in [-0.2, 0) is 0 Å². The maximum absolute atomic E-state index is 12.1. The van der Waals surface area contributed by atoms with Crippen molar-refractivity contribution in [2.24, 2.45) is 0 Å². The van der Waals surface area contributed by atoms with Gasteiger partial charge in [0, 0.05) is 44.0 Å². The van der Waals surface area contributed by atoms with Gasteiger partial charge in [0.1, 0.15) is 5.69 Å². The van der Waals surface area contributed by atoms with Crippen molar-refractivity contribution in [2.45, 2.75) is 0 Å². The van der Waals surface area contributed by atoms with Crippen molar-refractivity contribution in [3.8, 4) is 0 Å². The molecule has 0 aromatic carbocycles. The van der Waals surface area contributed by atoms with Crippen molar-refractivity contribution >= 4 is 22.2 Å². The van der Waals surface area contributed by atoms with Gasteiger partial charge in [0.15, 0.2) is 4.96 Å². The molecule has 0 bridgehead atoms. The summed E-state index contributed by atoms with van der Waals surface area (Å²) in [5, 5.41) is 5.18. The molecule has 1 N–H and O–H groups in total. The number of carbonyl (C=O) groups is 1. The second-order valence-corrected chi connectivity index (χ2v) is 4.63. The van der Waals surface area contributed by atoms with E-state index in [0.29, 0.717) is 5.69 Å². The molecule has 1 aliphatic rings. The number of amides is 1. The third kappa shape index (κ3) is 1.60. The number of carbonyl (C=O) groups excluding carboxylic acids is 1. The topological polar surface area (TPSA) is 49.6 Å². The van der Waals surface area contributed by atoms with E-state index in [1.165, 1.54) is 0 Å². The maximum atomic E-state index is 12.1. The standard InChI is InChI=1S/C10H12N4OS/c15-9(13-3-1-11-2-4-13)8-7-14-5-6-16-10(14)12-8/h5-7,11H,1-4H2. The Morgan fingerprint density at radius 3 is 3.00 bits per heavy atom. The van der Waals surface area contributed by atoms with Gasteiger partial charge in [-0.25, -0.2) is 4.98 Å². The number of rotatable bonds is 1. The van der Waals surface area contributed by atoms with Gasteiger partial charge in [0.2, 0.25) is 0 Å². The number of imidazole rings is 1. The Labute approximate surface area is 96.7 Å². The number of aromatic nitrogens is 2. The minimum absolute atomic E-state index is 0.0393. The van der Waals surface area contributed by atoms with Crippen LogP contribution in [0.4, 0.5) is 0 Å². The zero-order chi connectivity index (χ0) is 11.0. The fourth-order valence-corrected chi connectivity index (χ4v) is 2.56. The summed E-state index contributed by atoms with van der Waals surface area (Å²) in [5.74, 6) is 0.0393. The van der Waals surface area contributed by atoms with Gasteiger partial charge < -0.3 is 10.2 Å². The smallest absolute Gasteiger partial charge is 0.274 e. The molecule has 1 fully saturated rings. The Morgan fingerprint density at radius 2 is 2.25 bits per heavy atom. The molecule has 0 radical (unpaired) electrons. The van der Waals surface area contributed by atoms with Crippen molar-refractivity contribution in [1.82, 2.24) is 19.6 Å². The summed E-state index contributed by atoms with van der Waals surface area (Å²) in [6.45, 7) is 3.27. The quantitative estimate of drug-likeness (QED) is 0.781. The van der Waals surface area contributed by atoms with E-state index in [2.05, 4.69) is 10.3 Å². The lowest BCUT2D eigenvalue weighted by Crippen LogP contribution is -2.46. The van der Waals surface area contributed by atoms with Crippen LogP contribution in [0.15, 0.2) is 17.8 Å². The fraction of sp³-hybridized carbons (Fsp3) is 0.400. The molecule has 0 unspecified atom stereocenters. The molecular formula is C10H12N4OS. The molecular weight excluding hydrogens is 224 g/mol. The average molecular weight is 236 g/mol. The van der Waals surface area contributed by atoms with Gasteiger partial charge in [-0.1, -0.05) is 0 Å². The molecule has 1 aliphatic heterocycles. The van der Waals surface area contributed by atoms with Crippen molar-refractivity contribution < 1.29 is 4.79 Å². The van der Waals surface area contributed by atoms with Crippen molar-refractivity contribution in [2.75, 3.05) is 26.2 Å². The first-order valence-electron chi connectivity index (χ1n) is 5.27. The van der Waals surface area contributed by atoms with Crippen LogP contribution >= 0.6 is 11.3 Å². The number of piperazine rings is 1. The monoisotopic (exact) mass is 236 g/mol. The second-order valence-electron chi connectivity index (χ2n) is 3.76. The summed E-state index contributed by atoms with van der Waals surface area (Å²) in [5.41, 5.74) is 0.550. The first-order chi connectivity index (χ1) is 7.84. The largest absolute Gasteiger partial charge is 0.335 e. The van der Waals surface area contributed by atoms with E-state index in [9.17, 15) is 4.79 Å². The minimum atomic E-state index is 0.0393. The van der Waals surface area contributed by atoms with Crippen LogP contribution in [0.1, 0.15) is 10.5 Å². The summed E-state index contributed by atoms with van der Waals surface area (Å²) >= 11 is 1.54. The van der Waals surface area contributed by atoms with Gasteiger partial charge in [-0.05, 0) is 0 Å². The molecule has 2 aromatic rings. The third-order valence-corrected chi connectivity index (χ3v) is 3.49. The normalized spacial score (nSPS) is 16.9. The first-order valence-corrected chi connectivity index (χ1v) is 6.15. The lowest BCUT2D eigenvalue weighted by atomic mass is 10.3. The Bertz CT molecular complexity index is 483. The van der Waals surface area contributed by atoms with Crippen molar-refractivity contribution in [3.05, 3.63) is 23.5 Å². The van der Waals surface area contributed by atoms with Crippen LogP contribution in [0.5, 0.6) is 0 Å². The highest BCUT2D eigenvalue weighted by atomic mass is 32.1. The minimum Gasteiger partial charge on any atom is -0.335 e. The highest BCUT2D eigenvalue weighted by Crippen LogP contribution is 2.13. The van der Waals surface area contributed by atoms with E-state index in [1.54, 1.807) is 17.5 Å². The molecule has 2 aromatic heterocycles. The van der Waals surface area contributed by atoms with Crippen LogP contribution < -0.4 is 5.32 Å². The van der Waals surface area contributed by atoms with E-state index in [4.69, 9.17) is 0 Å². The zero-order valence-corrected chi connectivity index (χ0v) is 9.54. The second kappa shape index (κ2) is 3.88. The number of nitrogens with one attached hydrogen (secondary N) is 1. The molecule has 16 heavy (non-hydrogen) atoms. The highest BCUT2D eigenvalue weighted by Gasteiger charge is 2.20. The number of fused-ring (bicyclic) bond motifs is 1. The molecule has 0 saturated carbocycles. The molecule has 3 heterocycles. The Balaban J connectivity index is 1.86. The lowest BCUT2D eigenvalue weighted by Gasteiger charge is -2.26. The maximum Gasteiger partial charge on any atom is 0.274 e. The molecule has 3 rings (SSSR count). The predicted molar refractivity (Wildman–Crippen MR) is 61.8 cm³/mol. The lowest BCUT2D eigenvalue weighted by molar-refractivity contribution is 0.0730. The highest BCUT2D eigenvalue weighted by molar-refractivity contribution is 7.15. The van der Waals surface area contributed by atoms with Gasteiger partial charge in [0.05, 0.1) is 0 Å². The predicted octanol–water partition coefficient (Wildman–Crippen LogP) is 0.441. The molecule has 1 amide bonds. The molecule has 5 nitrogen and oxygen atoms in total. The number of hydrogen-bond acceptors (Lipinski definition) is 4. The molecule has 6 heteroatoms. The van der Waals surface area contributed by atoms with Gasteiger partial charge in [-0.2, -0.15) is 0 Å². The third-order valence-electron chi connectivity index (χ3n) is 2.72. The molecule has 0 aliphatic carbocycles. The zero-order valence-electron chi connectivity index (χ0n) is 8.72. The summed E-state index contributed by atoms with van der Waals surface area (Å²) in [6.07, 6.45) is 3.72. The summed E-state index contributed by atoms with van der Waals surface area (Å²) in [7, 11) is 0. The first kappa shape index (κ1) is 9.80. The van der Waals surface area contributed by atoms with Crippen LogP contribution in [0.25, 0.3) is 4.96 Å². The van der Waals surface area contributed by atoms with Crippen LogP contribution in [0.2, 0.25) is 0 Å². The van der Waals surface area contributed by atoms with E-state index in [1.807, 2.05) is 20.9 Å². The van der Waals surface area contributed by atoms with E-state index >= 15 is 0 Å². The van der Waals surface area contributed by atoms with Gasteiger partial charge in [-0.3, -0.25) is 9.20 Å². The summed E-state index contributed by atoms with van der Waals surface area (Å²) in [6, 6.07) is 0. The summed E-state index contributed by atoms with van der Waals surface area (Å²) in [4.78, 5) is 19.1. The van der Waals surface area contributed by atoms with Crippen LogP contribution in [-0.4, -0.2) is 46.4 Å². The molecule has 1 saturated heterocycles. The fourth-order valence-electron chi connectivity index (χ4n) is 1.86. The van der Waals surface area contributed by atoms with Gasteiger partial charge in [0.25, 0.3) is 5.91 Å². The number of nitrogens with zero attached hydrogens (tertiary/aromatic N) is 3. The number of hydrogen-bond donors (Lipinski definition) is 1. The Kier molecular flexibility index (Phi) is 2.37. The average Bonchev–Trinajstić information content (AvgIpc) is 2.89. The SMILES string of the molecule is O=C(c1cn2ccsc2n1)N1CCNCC1. The van der Waals surface area contributed by atoms with Crippen LogP contribution in [0, 0.1) is 0 Å². The molecule has 0 spiro atoms. The Morgan fingerprint density at radius 1 is 1.44 bits per heavy atom. The van der Waals surface area contributed by atoms with Crippen molar-refractivity contribution in [3.63, 3.8) is 0 Å². The van der Waals surface area contributed by atoms with Gasteiger partial charge in [-0.15, -0.1) is 11.3 Å². The van der Waals surface area contributed by atoms with E-state index < -0.39 is 0 Å². The van der Waals surface area contributed by atoms with Crippen molar-refractivity contribution in [1.29, 1.82) is 0 Å². The molecule has 0 atom stereocenters. The van der Waals surface area contributed by atoms with E-state index in [0.717, 1.165) is 31.1 Å². The van der Waals surface area contributed by atoms with Gasteiger partial charge >= 0.3 is 0 Å². The molecule has 84 valence electrons. The van der Waals surface area contributed by atoms with E-state index in [-0.39, 0.29) is 5.91 Å². The van der Waals surface area contributed by atoms with Crippen LogP contribution in [0.3, 0.4) is 0 Å². The summed E-state index contributed by atoms with van der Waals surface area (Å²) < 4.78 is 1.89. The Hall–Kier alpha value is -1.40. The number of thiazole rings is 1.